The number of aryl methyl sites for hydroxylation is 3. The van der Waals surface area contributed by atoms with Crippen LogP contribution < -0.4 is 9.86 Å². The van der Waals surface area contributed by atoms with E-state index in [1.54, 1.807) is 45.0 Å². The first-order valence-corrected chi connectivity index (χ1v) is 12.4. The summed E-state index contributed by atoms with van der Waals surface area (Å²) in [6.07, 6.45) is 0.665. The summed E-state index contributed by atoms with van der Waals surface area (Å²) in [7, 11) is -3.83. The summed E-state index contributed by atoms with van der Waals surface area (Å²) < 4.78 is 35.6. The van der Waals surface area contributed by atoms with E-state index in [1.165, 1.54) is 15.1 Å². The minimum Gasteiger partial charge on any atom is -0.359 e. The Kier molecular flexibility index (Phi) is 5.16. The first-order valence-electron chi connectivity index (χ1n) is 11.0. The fourth-order valence-corrected chi connectivity index (χ4v) is 6.50. The predicted octanol–water partition coefficient (Wildman–Crippen LogP) is 3.95. The van der Waals surface area contributed by atoms with Crippen molar-refractivity contribution in [3.63, 3.8) is 0 Å². The number of para-hydroxylation sites is 1. The molecule has 0 aliphatic carbocycles. The van der Waals surface area contributed by atoms with Crippen LogP contribution in [0, 0.1) is 20.8 Å². The number of hydrogen-bond acceptors (Lipinski definition) is 6. The number of benzene rings is 2. The second kappa shape index (κ2) is 7.95. The Morgan fingerprint density at radius 1 is 1.03 bits per heavy atom. The van der Waals surface area contributed by atoms with Crippen molar-refractivity contribution in [2.24, 2.45) is 0 Å². The first-order chi connectivity index (χ1) is 16.2. The SMILES string of the molecule is Cc1ccc(-c2ccc(=O)n(-c3c(C)noc3C)n2)cc1S(=O)(=O)N1c2ccccc2C[C@H]1C. The lowest BCUT2D eigenvalue weighted by molar-refractivity contribution is 0.392. The Labute approximate surface area is 197 Å². The lowest BCUT2D eigenvalue weighted by Crippen LogP contribution is -2.36. The summed E-state index contributed by atoms with van der Waals surface area (Å²) in [5.41, 5.74) is 4.11. The van der Waals surface area contributed by atoms with Crippen molar-refractivity contribution in [3.8, 4) is 16.9 Å². The van der Waals surface area contributed by atoms with Gasteiger partial charge in [-0.25, -0.2) is 8.42 Å². The number of sulfonamides is 1. The number of nitrogens with zero attached hydrogens (tertiary/aromatic N) is 4. The summed E-state index contributed by atoms with van der Waals surface area (Å²) in [5.74, 6) is 0.470. The number of rotatable bonds is 4. The van der Waals surface area contributed by atoms with Crippen molar-refractivity contribution in [1.29, 1.82) is 0 Å². The molecule has 0 saturated carbocycles. The third-order valence-corrected chi connectivity index (χ3v) is 8.24. The first kappa shape index (κ1) is 22.1. The van der Waals surface area contributed by atoms with E-state index in [0.717, 1.165) is 5.56 Å². The molecule has 2 aromatic carbocycles. The minimum absolute atomic E-state index is 0.190. The molecule has 3 heterocycles. The molecule has 5 rings (SSSR count). The monoisotopic (exact) mass is 476 g/mol. The zero-order valence-corrected chi connectivity index (χ0v) is 20.1. The van der Waals surface area contributed by atoms with Gasteiger partial charge in [-0.05, 0) is 63.4 Å². The summed E-state index contributed by atoms with van der Waals surface area (Å²) in [6.45, 7) is 7.14. The normalized spacial score (nSPS) is 15.5. The molecule has 2 aromatic heterocycles. The zero-order chi connectivity index (χ0) is 24.2. The molecule has 9 heteroatoms. The van der Waals surface area contributed by atoms with Crippen molar-refractivity contribution in [1.82, 2.24) is 14.9 Å². The Balaban J connectivity index is 1.63. The van der Waals surface area contributed by atoms with Gasteiger partial charge < -0.3 is 4.52 Å². The van der Waals surface area contributed by atoms with Crippen molar-refractivity contribution < 1.29 is 12.9 Å². The lowest BCUT2D eigenvalue weighted by atomic mass is 10.1. The van der Waals surface area contributed by atoms with E-state index in [2.05, 4.69) is 10.3 Å². The molecule has 0 fully saturated rings. The van der Waals surface area contributed by atoms with E-state index in [4.69, 9.17) is 4.52 Å². The molecule has 174 valence electrons. The van der Waals surface area contributed by atoms with Gasteiger partial charge in [0.2, 0.25) is 0 Å². The predicted molar refractivity (Wildman–Crippen MR) is 129 cm³/mol. The van der Waals surface area contributed by atoms with Crippen LogP contribution in [0.3, 0.4) is 0 Å². The van der Waals surface area contributed by atoms with E-state index < -0.39 is 10.0 Å². The molecule has 0 unspecified atom stereocenters. The van der Waals surface area contributed by atoms with E-state index in [9.17, 15) is 13.2 Å². The highest BCUT2D eigenvalue weighted by molar-refractivity contribution is 7.93. The highest BCUT2D eigenvalue weighted by Gasteiger charge is 2.36. The molecule has 8 nitrogen and oxygen atoms in total. The minimum atomic E-state index is -3.83. The topological polar surface area (TPSA) is 98.3 Å². The van der Waals surface area contributed by atoms with Crippen LogP contribution in [0.4, 0.5) is 5.69 Å². The Morgan fingerprint density at radius 3 is 2.53 bits per heavy atom. The maximum Gasteiger partial charge on any atom is 0.271 e. The summed E-state index contributed by atoms with van der Waals surface area (Å²) in [5, 5.41) is 8.41. The number of fused-ring (bicyclic) bond motifs is 1. The quantitative estimate of drug-likeness (QED) is 0.442. The van der Waals surface area contributed by atoms with Crippen LogP contribution in [-0.2, 0) is 16.4 Å². The second-order valence-electron chi connectivity index (χ2n) is 8.60. The highest BCUT2D eigenvalue weighted by Crippen LogP contribution is 2.38. The molecule has 0 spiro atoms. The highest BCUT2D eigenvalue weighted by atomic mass is 32.2. The van der Waals surface area contributed by atoms with Gasteiger partial charge in [-0.1, -0.05) is 35.5 Å². The van der Waals surface area contributed by atoms with Crippen molar-refractivity contribution in [3.05, 3.63) is 87.5 Å². The third-order valence-electron chi connectivity index (χ3n) is 6.17. The molecule has 0 saturated heterocycles. The van der Waals surface area contributed by atoms with Gasteiger partial charge in [0.15, 0.2) is 5.76 Å². The molecule has 0 N–H and O–H groups in total. The van der Waals surface area contributed by atoms with E-state index in [0.29, 0.717) is 46.1 Å². The molecule has 4 aromatic rings. The average Bonchev–Trinajstić information content (AvgIpc) is 3.32. The molecule has 1 atom stereocenters. The second-order valence-corrected chi connectivity index (χ2v) is 10.4. The molecular weight excluding hydrogens is 452 g/mol. The summed E-state index contributed by atoms with van der Waals surface area (Å²) in [4.78, 5) is 12.8. The molecule has 0 amide bonds. The van der Waals surface area contributed by atoms with Gasteiger partial charge in [-0.15, -0.1) is 0 Å². The largest absolute Gasteiger partial charge is 0.359 e. The van der Waals surface area contributed by atoms with Crippen LogP contribution in [0.15, 0.2) is 68.8 Å². The van der Waals surface area contributed by atoms with Crippen LogP contribution in [0.1, 0.15) is 29.5 Å². The molecular formula is C25H24N4O4S. The van der Waals surface area contributed by atoms with Crippen molar-refractivity contribution >= 4 is 15.7 Å². The standard InChI is InChI=1S/C25H24N4O4S/c1-15-9-10-19(21-11-12-24(30)28(26-21)25-17(3)27-33-18(25)4)14-23(15)34(31,32)29-16(2)13-20-7-5-6-8-22(20)29/h5-12,14,16H,13H2,1-4H3/t16-/m1/s1. The Morgan fingerprint density at radius 2 is 1.79 bits per heavy atom. The van der Waals surface area contributed by atoms with E-state index in [-0.39, 0.29) is 16.5 Å². The molecule has 1 aliphatic rings. The van der Waals surface area contributed by atoms with E-state index in [1.807, 2.05) is 31.2 Å². The van der Waals surface area contributed by atoms with Gasteiger partial charge in [-0.3, -0.25) is 9.10 Å². The van der Waals surface area contributed by atoms with Gasteiger partial charge in [0.25, 0.3) is 15.6 Å². The average molecular weight is 477 g/mol. The molecule has 0 bridgehead atoms. The molecule has 34 heavy (non-hydrogen) atoms. The number of hydrogen-bond donors (Lipinski definition) is 0. The van der Waals surface area contributed by atoms with Gasteiger partial charge in [-0.2, -0.15) is 9.78 Å². The van der Waals surface area contributed by atoms with Crippen LogP contribution in [0.5, 0.6) is 0 Å². The summed E-state index contributed by atoms with van der Waals surface area (Å²) in [6, 6.07) is 15.6. The lowest BCUT2D eigenvalue weighted by Gasteiger charge is -2.25. The van der Waals surface area contributed by atoms with Gasteiger partial charge in [0.1, 0.15) is 11.4 Å². The fraction of sp³-hybridized carbons (Fsp3) is 0.240. The smallest absolute Gasteiger partial charge is 0.271 e. The van der Waals surface area contributed by atoms with Crippen molar-refractivity contribution in [2.75, 3.05) is 4.31 Å². The van der Waals surface area contributed by atoms with E-state index >= 15 is 0 Å². The number of aromatic nitrogens is 3. The van der Waals surface area contributed by atoms with Crippen molar-refractivity contribution in [2.45, 2.75) is 45.1 Å². The van der Waals surface area contributed by atoms with Crippen LogP contribution >= 0.6 is 0 Å². The molecule has 1 aliphatic heterocycles. The van der Waals surface area contributed by atoms with Crippen LogP contribution in [-0.4, -0.2) is 29.4 Å². The number of anilines is 1. The third kappa shape index (κ3) is 3.43. The zero-order valence-electron chi connectivity index (χ0n) is 19.3. The summed E-state index contributed by atoms with van der Waals surface area (Å²) >= 11 is 0. The van der Waals surface area contributed by atoms with Crippen LogP contribution in [0.25, 0.3) is 16.9 Å². The van der Waals surface area contributed by atoms with Gasteiger partial charge >= 0.3 is 0 Å². The Bertz CT molecular complexity index is 1570. The maximum atomic E-state index is 13.8. The van der Waals surface area contributed by atoms with Crippen LogP contribution in [0.2, 0.25) is 0 Å². The molecule has 0 radical (unpaired) electrons. The van der Waals surface area contributed by atoms with Gasteiger partial charge in [0, 0.05) is 17.7 Å². The fourth-order valence-electron chi connectivity index (χ4n) is 4.55. The van der Waals surface area contributed by atoms with Gasteiger partial charge in [0.05, 0.1) is 16.3 Å². The Hall–Kier alpha value is -3.72. The maximum absolute atomic E-state index is 13.8.